The molecule has 88 valence electrons. The smallest absolute Gasteiger partial charge is 0.312 e. The van der Waals surface area contributed by atoms with E-state index in [1.54, 1.807) is 23.1 Å². The molecule has 6 heteroatoms. The van der Waals surface area contributed by atoms with E-state index in [1.807, 2.05) is 13.0 Å². The Morgan fingerprint density at radius 3 is 2.82 bits per heavy atom. The van der Waals surface area contributed by atoms with Gasteiger partial charge in [0.05, 0.1) is 10.7 Å². The second-order valence-electron chi connectivity index (χ2n) is 3.66. The van der Waals surface area contributed by atoms with Crippen LogP contribution in [0.1, 0.15) is 12.7 Å². The number of aromatic amines is 1. The number of H-pyrrole nitrogens is 1. The first-order valence-corrected chi connectivity index (χ1v) is 5.45. The Morgan fingerprint density at radius 2 is 2.29 bits per heavy atom. The number of hydrogen-bond acceptors (Lipinski definition) is 2. The van der Waals surface area contributed by atoms with E-state index in [4.69, 9.17) is 11.6 Å². The van der Waals surface area contributed by atoms with Crippen LogP contribution in [0.2, 0.25) is 5.02 Å². The highest BCUT2D eigenvalue weighted by Crippen LogP contribution is 2.22. The van der Waals surface area contributed by atoms with Gasteiger partial charge in [-0.25, -0.2) is 0 Å². The fourth-order valence-corrected chi connectivity index (χ4v) is 1.67. The zero-order chi connectivity index (χ0) is 12.4. The van der Waals surface area contributed by atoms with Gasteiger partial charge in [-0.1, -0.05) is 11.6 Å². The van der Waals surface area contributed by atoms with Gasteiger partial charge in [-0.15, -0.1) is 4.68 Å². The predicted molar refractivity (Wildman–Crippen MR) is 64.2 cm³/mol. The Morgan fingerprint density at radius 1 is 1.53 bits per heavy atom. The number of amides is 1. The molecule has 0 aliphatic rings. The first kappa shape index (κ1) is 11.6. The third-order valence-electron chi connectivity index (χ3n) is 2.19. The summed E-state index contributed by atoms with van der Waals surface area (Å²) in [6.07, 6.45) is 1.67. The molecule has 0 spiro atoms. The molecule has 2 N–H and O–H groups in total. The summed E-state index contributed by atoms with van der Waals surface area (Å²) in [6, 6.07) is 5.35. The van der Waals surface area contributed by atoms with Crippen molar-refractivity contribution in [3.8, 4) is 5.69 Å². The summed E-state index contributed by atoms with van der Waals surface area (Å²) in [5.41, 5.74) is 1.45. The van der Waals surface area contributed by atoms with Gasteiger partial charge in [0.15, 0.2) is 5.69 Å². The molecule has 5 nitrogen and oxygen atoms in total. The molecule has 17 heavy (non-hydrogen) atoms. The van der Waals surface area contributed by atoms with Crippen LogP contribution in [0, 0.1) is 6.92 Å². The molecular weight excluding hydrogens is 240 g/mol. The highest BCUT2D eigenvalue weighted by atomic mass is 35.5. The van der Waals surface area contributed by atoms with Crippen LogP contribution < -0.4 is 10.00 Å². The van der Waals surface area contributed by atoms with Gasteiger partial charge in [-0.3, -0.25) is 4.79 Å². The van der Waals surface area contributed by atoms with Crippen molar-refractivity contribution >= 4 is 23.2 Å². The molecule has 2 aromatic rings. The highest BCUT2D eigenvalue weighted by Gasteiger charge is 2.10. The second kappa shape index (κ2) is 4.55. The number of halogens is 1. The number of aromatic nitrogens is 3. The largest absolute Gasteiger partial charge is 0.325 e. The number of carbonyl (C=O) groups is 1. The lowest BCUT2D eigenvalue weighted by atomic mass is 10.3. The van der Waals surface area contributed by atoms with Crippen molar-refractivity contribution in [2.45, 2.75) is 13.8 Å². The van der Waals surface area contributed by atoms with Gasteiger partial charge in [0.25, 0.3) is 0 Å². The van der Waals surface area contributed by atoms with Crippen molar-refractivity contribution in [2.75, 3.05) is 5.32 Å². The number of benzene rings is 1. The third kappa shape index (κ3) is 2.62. The Bertz CT molecular complexity index is 564. The van der Waals surface area contributed by atoms with E-state index in [1.165, 1.54) is 6.92 Å². The van der Waals surface area contributed by atoms with E-state index < -0.39 is 0 Å². The SMILES string of the molecule is CC(=O)Nc1ccc(-[n+]2cnc(C)[nH]2)cc1Cl. The molecule has 1 heterocycles. The maximum absolute atomic E-state index is 10.9. The third-order valence-corrected chi connectivity index (χ3v) is 2.50. The predicted octanol–water partition coefficient (Wildman–Crippen LogP) is 1.61. The summed E-state index contributed by atoms with van der Waals surface area (Å²) in [5, 5.41) is 6.17. The van der Waals surface area contributed by atoms with Gasteiger partial charge in [0, 0.05) is 19.9 Å². The topological polar surface area (TPSA) is 61.7 Å². The molecular formula is C11H12ClN4O+. The first-order valence-electron chi connectivity index (χ1n) is 5.07. The summed E-state index contributed by atoms with van der Waals surface area (Å²) >= 11 is 6.07. The lowest BCUT2D eigenvalue weighted by Gasteiger charge is -2.04. The van der Waals surface area contributed by atoms with Gasteiger partial charge in [0.2, 0.25) is 11.7 Å². The Labute approximate surface area is 103 Å². The van der Waals surface area contributed by atoms with Crippen molar-refractivity contribution in [3.05, 3.63) is 35.4 Å². The van der Waals surface area contributed by atoms with Crippen LogP contribution in [0.25, 0.3) is 5.69 Å². The monoisotopic (exact) mass is 251 g/mol. The van der Waals surface area contributed by atoms with Crippen molar-refractivity contribution in [1.82, 2.24) is 10.1 Å². The number of rotatable bonds is 2. The molecule has 1 aromatic carbocycles. The summed E-state index contributed by atoms with van der Waals surface area (Å²) in [4.78, 5) is 15.0. The zero-order valence-electron chi connectivity index (χ0n) is 9.49. The molecule has 0 bridgehead atoms. The van der Waals surface area contributed by atoms with Crippen LogP contribution >= 0.6 is 11.6 Å². The average Bonchev–Trinajstić information content (AvgIpc) is 2.67. The van der Waals surface area contributed by atoms with Crippen LogP contribution in [-0.4, -0.2) is 16.0 Å². The number of carbonyl (C=O) groups excluding carboxylic acids is 1. The van der Waals surface area contributed by atoms with E-state index in [9.17, 15) is 4.79 Å². The first-order chi connectivity index (χ1) is 8.06. The van der Waals surface area contributed by atoms with Crippen molar-refractivity contribution in [2.24, 2.45) is 0 Å². The van der Waals surface area contributed by atoms with E-state index in [0.717, 1.165) is 11.5 Å². The standard InChI is InChI=1S/C11H11ClN4O/c1-7-13-6-16(15-7)9-3-4-11(10(12)5-9)14-8(2)17/h3-6H,1-2H3,(H,14,17)/p+1. The normalized spacial score (nSPS) is 10.3. The summed E-state index contributed by atoms with van der Waals surface area (Å²) in [6.45, 7) is 3.31. The molecule has 0 aliphatic carbocycles. The number of hydrogen-bond donors (Lipinski definition) is 2. The van der Waals surface area contributed by atoms with E-state index in [2.05, 4.69) is 15.4 Å². The number of aryl methyl sites for hydroxylation is 1. The quantitative estimate of drug-likeness (QED) is 0.797. The van der Waals surface area contributed by atoms with Gasteiger partial charge < -0.3 is 5.32 Å². The highest BCUT2D eigenvalue weighted by molar-refractivity contribution is 6.33. The van der Waals surface area contributed by atoms with Gasteiger partial charge in [-0.2, -0.15) is 5.10 Å². The van der Waals surface area contributed by atoms with Gasteiger partial charge in [-0.05, 0) is 17.1 Å². The van der Waals surface area contributed by atoms with Gasteiger partial charge in [0.1, 0.15) is 0 Å². The fraction of sp³-hybridized carbons (Fsp3) is 0.182. The minimum atomic E-state index is -0.148. The van der Waals surface area contributed by atoms with Crippen LogP contribution in [0.15, 0.2) is 24.5 Å². The summed E-state index contributed by atoms with van der Waals surface area (Å²) < 4.78 is 1.75. The second-order valence-corrected chi connectivity index (χ2v) is 4.06. The van der Waals surface area contributed by atoms with Gasteiger partial charge >= 0.3 is 6.33 Å². The maximum Gasteiger partial charge on any atom is 0.312 e. The molecule has 0 atom stereocenters. The number of nitrogens with zero attached hydrogens (tertiary/aromatic N) is 2. The summed E-state index contributed by atoms with van der Waals surface area (Å²) in [5.74, 6) is 0.664. The minimum absolute atomic E-state index is 0.148. The van der Waals surface area contributed by atoms with Crippen molar-refractivity contribution in [3.63, 3.8) is 0 Å². The average molecular weight is 252 g/mol. The number of anilines is 1. The Hall–Kier alpha value is -1.88. The van der Waals surface area contributed by atoms with Crippen LogP contribution in [0.4, 0.5) is 5.69 Å². The lowest BCUT2D eigenvalue weighted by Crippen LogP contribution is -2.31. The fourth-order valence-electron chi connectivity index (χ4n) is 1.45. The molecule has 0 saturated heterocycles. The van der Waals surface area contributed by atoms with Crippen LogP contribution in [-0.2, 0) is 4.79 Å². The van der Waals surface area contributed by atoms with Crippen LogP contribution in [0.5, 0.6) is 0 Å². The number of nitrogens with one attached hydrogen (secondary N) is 2. The molecule has 0 aliphatic heterocycles. The lowest BCUT2D eigenvalue weighted by molar-refractivity contribution is -0.657. The Kier molecular flexibility index (Phi) is 3.10. The maximum atomic E-state index is 10.9. The van der Waals surface area contributed by atoms with E-state index >= 15 is 0 Å². The molecule has 0 radical (unpaired) electrons. The molecule has 2 rings (SSSR count). The van der Waals surface area contributed by atoms with Crippen LogP contribution in [0.3, 0.4) is 0 Å². The molecule has 1 aromatic heterocycles. The molecule has 0 saturated carbocycles. The zero-order valence-corrected chi connectivity index (χ0v) is 10.2. The molecule has 0 unspecified atom stereocenters. The van der Waals surface area contributed by atoms with Crippen molar-refractivity contribution in [1.29, 1.82) is 0 Å². The van der Waals surface area contributed by atoms with E-state index in [-0.39, 0.29) is 5.91 Å². The minimum Gasteiger partial charge on any atom is -0.325 e. The van der Waals surface area contributed by atoms with E-state index in [0.29, 0.717) is 10.7 Å². The summed E-state index contributed by atoms with van der Waals surface area (Å²) in [7, 11) is 0. The molecule has 0 fully saturated rings. The molecule has 1 amide bonds. The Balaban J connectivity index is 2.33. The van der Waals surface area contributed by atoms with Crippen molar-refractivity contribution < 1.29 is 9.48 Å².